The van der Waals surface area contributed by atoms with E-state index in [1.807, 2.05) is 0 Å². The van der Waals surface area contributed by atoms with Gasteiger partial charge in [0, 0.05) is 12.5 Å². The Bertz CT molecular complexity index is 792. The van der Waals surface area contributed by atoms with Gasteiger partial charge in [0.05, 0.1) is 17.7 Å². The second-order valence-electron chi connectivity index (χ2n) is 10.9. The van der Waals surface area contributed by atoms with E-state index in [0.29, 0.717) is 25.7 Å². The highest BCUT2D eigenvalue weighted by atomic mass is 16.5. The Kier molecular flexibility index (Phi) is 11.1. The Hall–Kier alpha value is -2.69. The van der Waals surface area contributed by atoms with E-state index >= 15 is 0 Å². The zero-order valence-electron chi connectivity index (χ0n) is 21.8. The average molecular weight is 511 g/mol. The molecule has 0 aromatic heterocycles. The maximum atomic E-state index is 13.3. The van der Waals surface area contributed by atoms with Gasteiger partial charge in [-0.15, -0.1) is 0 Å². The molecule has 1 aliphatic heterocycles. The maximum Gasteiger partial charge on any atom is 0.405 e. The van der Waals surface area contributed by atoms with Crippen molar-refractivity contribution in [2.45, 2.75) is 109 Å². The van der Waals surface area contributed by atoms with Crippen molar-refractivity contribution in [3.05, 3.63) is 0 Å². The lowest BCUT2D eigenvalue weighted by molar-refractivity contribution is -0.136. The number of rotatable bonds is 12. The summed E-state index contributed by atoms with van der Waals surface area (Å²) in [6, 6.07) is -3.07. The van der Waals surface area contributed by atoms with Gasteiger partial charge in [0.1, 0.15) is 18.4 Å². The van der Waals surface area contributed by atoms with E-state index < -0.39 is 47.7 Å². The molecule has 2 rings (SSSR count). The number of hydrogen-bond donors (Lipinski definition) is 5. The van der Waals surface area contributed by atoms with Crippen molar-refractivity contribution in [1.82, 2.24) is 21.3 Å². The largest absolute Gasteiger partial charge is 0.465 e. The fourth-order valence-corrected chi connectivity index (χ4v) is 5.01. The molecular formula is C25H42N4O7. The summed E-state index contributed by atoms with van der Waals surface area (Å²) in [4.78, 5) is 61.5. The molecule has 0 bridgehead atoms. The quantitative estimate of drug-likeness (QED) is 0.248. The molecule has 11 nitrogen and oxygen atoms in total. The first-order chi connectivity index (χ1) is 16.9. The molecule has 5 atom stereocenters. The number of hydrogen-bond acceptors (Lipinski definition) is 6. The van der Waals surface area contributed by atoms with E-state index in [0.717, 1.165) is 32.1 Å². The SMILES string of the molecule is C[C@H](OC(C)(C)C)[C@H](NC(=O)O)C(=O)NC(CC1CCCCC1)C(=O)NC(C=O)CC1CCNC1=O. The molecule has 1 heterocycles. The lowest BCUT2D eigenvalue weighted by Crippen LogP contribution is -2.59. The second-order valence-corrected chi connectivity index (χ2v) is 10.9. The monoisotopic (exact) mass is 510 g/mol. The van der Waals surface area contributed by atoms with Crippen LogP contribution in [0.3, 0.4) is 0 Å². The molecule has 4 amide bonds. The molecule has 5 N–H and O–H groups in total. The Balaban J connectivity index is 2.15. The van der Waals surface area contributed by atoms with Gasteiger partial charge in [-0.1, -0.05) is 32.1 Å². The number of carbonyl (C=O) groups excluding carboxylic acids is 4. The van der Waals surface area contributed by atoms with E-state index in [4.69, 9.17) is 4.74 Å². The number of ether oxygens (including phenoxy) is 1. The molecule has 3 unspecified atom stereocenters. The van der Waals surface area contributed by atoms with Crippen LogP contribution in [0.4, 0.5) is 4.79 Å². The fraction of sp³-hybridized carbons (Fsp3) is 0.800. The minimum atomic E-state index is -1.39. The molecule has 0 spiro atoms. The van der Waals surface area contributed by atoms with Crippen LogP contribution in [0.15, 0.2) is 0 Å². The van der Waals surface area contributed by atoms with E-state index in [2.05, 4.69) is 21.3 Å². The van der Waals surface area contributed by atoms with Crippen molar-refractivity contribution in [1.29, 1.82) is 0 Å². The molecule has 204 valence electrons. The predicted molar refractivity (Wildman–Crippen MR) is 132 cm³/mol. The van der Waals surface area contributed by atoms with Crippen LogP contribution < -0.4 is 21.3 Å². The van der Waals surface area contributed by atoms with Crippen LogP contribution >= 0.6 is 0 Å². The molecule has 11 heteroatoms. The average Bonchev–Trinajstić information content (AvgIpc) is 3.19. The van der Waals surface area contributed by atoms with Crippen molar-refractivity contribution in [2.24, 2.45) is 11.8 Å². The van der Waals surface area contributed by atoms with E-state index in [9.17, 15) is 29.1 Å². The number of amides is 4. The highest BCUT2D eigenvalue weighted by molar-refractivity contribution is 5.92. The van der Waals surface area contributed by atoms with Crippen LogP contribution in [0.25, 0.3) is 0 Å². The number of aldehydes is 1. The zero-order valence-corrected chi connectivity index (χ0v) is 21.8. The van der Waals surface area contributed by atoms with E-state index in [1.54, 1.807) is 27.7 Å². The molecule has 0 aromatic rings. The Morgan fingerprint density at radius 1 is 1.06 bits per heavy atom. The highest BCUT2D eigenvalue weighted by Gasteiger charge is 2.35. The lowest BCUT2D eigenvalue weighted by atomic mass is 9.84. The van der Waals surface area contributed by atoms with Crippen molar-refractivity contribution in [3.8, 4) is 0 Å². The van der Waals surface area contributed by atoms with Gasteiger partial charge in [-0.25, -0.2) is 4.79 Å². The first kappa shape index (κ1) is 29.5. The number of carboxylic acid groups (broad SMARTS) is 1. The van der Waals surface area contributed by atoms with Gasteiger partial charge < -0.3 is 35.9 Å². The predicted octanol–water partition coefficient (Wildman–Crippen LogP) is 1.49. The van der Waals surface area contributed by atoms with Gasteiger partial charge in [-0.05, 0) is 52.9 Å². The smallest absolute Gasteiger partial charge is 0.405 e. The van der Waals surface area contributed by atoms with Crippen molar-refractivity contribution in [3.63, 3.8) is 0 Å². The fourth-order valence-electron chi connectivity index (χ4n) is 5.01. The van der Waals surface area contributed by atoms with Gasteiger partial charge in [0.25, 0.3) is 0 Å². The summed E-state index contributed by atoms with van der Waals surface area (Å²) in [5.41, 5.74) is -0.624. The molecule has 1 saturated carbocycles. The molecule has 1 saturated heterocycles. The van der Waals surface area contributed by atoms with Crippen LogP contribution in [0.2, 0.25) is 0 Å². The van der Waals surface area contributed by atoms with Crippen LogP contribution in [-0.4, -0.2) is 71.6 Å². The van der Waals surface area contributed by atoms with Crippen molar-refractivity contribution < 1.29 is 33.8 Å². The summed E-state index contributed by atoms with van der Waals surface area (Å²) >= 11 is 0. The summed E-state index contributed by atoms with van der Waals surface area (Å²) in [5, 5.41) is 19.6. The third-order valence-electron chi connectivity index (χ3n) is 6.69. The summed E-state index contributed by atoms with van der Waals surface area (Å²) < 4.78 is 5.81. The van der Waals surface area contributed by atoms with Gasteiger partial charge in [0.2, 0.25) is 17.7 Å². The summed E-state index contributed by atoms with van der Waals surface area (Å²) in [7, 11) is 0. The summed E-state index contributed by atoms with van der Waals surface area (Å²) in [6.07, 6.45) is 4.65. The van der Waals surface area contributed by atoms with Crippen LogP contribution in [0, 0.1) is 11.8 Å². The number of carbonyl (C=O) groups is 5. The molecule has 2 aliphatic rings. The van der Waals surface area contributed by atoms with Crippen LogP contribution in [-0.2, 0) is 23.9 Å². The molecule has 0 radical (unpaired) electrons. The molecule has 2 fully saturated rings. The highest BCUT2D eigenvalue weighted by Crippen LogP contribution is 2.27. The maximum absolute atomic E-state index is 13.3. The number of nitrogens with one attached hydrogen (secondary N) is 4. The third-order valence-corrected chi connectivity index (χ3v) is 6.69. The van der Waals surface area contributed by atoms with Crippen LogP contribution in [0.1, 0.15) is 79.1 Å². The van der Waals surface area contributed by atoms with E-state index in [1.165, 1.54) is 0 Å². The normalized spacial score (nSPS) is 22.0. The van der Waals surface area contributed by atoms with Crippen molar-refractivity contribution in [2.75, 3.05) is 6.54 Å². The first-order valence-corrected chi connectivity index (χ1v) is 12.9. The van der Waals surface area contributed by atoms with Gasteiger partial charge >= 0.3 is 6.09 Å². The topological polar surface area (TPSA) is 163 Å². The summed E-state index contributed by atoms with van der Waals surface area (Å²) in [6.45, 7) is 7.51. The van der Waals surface area contributed by atoms with E-state index in [-0.39, 0.29) is 24.2 Å². The Labute approximate surface area is 212 Å². The molecular weight excluding hydrogens is 468 g/mol. The Morgan fingerprint density at radius 2 is 1.72 bits per heavy atom. The minimum Gasteiger partial charge on any atom is -0.465 e. The van der Waals surface area contributed by atoms with Crippen LogP contribution in [0.5, 0.6) is 0 Å². The molecule has 1 aliphatic carbocycles. The van der Waals surface area contributed by atoms with Gasteiger partial charge in [-0.3, -0.25) is 14.4 Å². The first-order valence-electron chi connectivity index (χ1n) is 12.9. The summed E-state index contributed by atoms with van der Waals surface area (Å²) in [5.74, 6) is -1.48. The molecule has 0 aromatic carbocycles. The zero-order chi connectivity index (χ0) is 26.9. The van der Waals surface area contributed by atoms with Gasteiger partial charge in [0.15, 0.2) is 0 Å². The van der Waals surface area contributed by atoms with Gasteiger partial charge in [-0.2, -0.15) is 0 Å². The lowest BCUT2D eigenvalue weighted by Gasteiger charge is -2.32. The standard InChI is InChI=1S/C25H42N4O7/c1-15(36-25(2,3)4)20(29-24(34)35)23(33)28-19(12-16-8-6-5-7-9-16)22(32)27-18(14-30)13-17-10-11-26-21(17)31/h14-20,29H,5-13H2,1-4H3,(H,26,31)(H,27,32)(H,28,33)(H,34,35)/t15-,17?,18?,19?,20-/m0/s1. The second kappa shape index (κ2) is 13.6. The Morgan fingerprint density at radius 3 is 2.25 bits per heavy atom. The van der Waals surface area contributed by atoms with Crippen molar-refractivity contribution >= 4 is 30.1 Å². The molecule has 36 heavy (non-hydrogen) atoms. The third kappa shape index (κ3) is 9.75. The minimum absolute atomic E-state index is 0.140.